The van der Waals surface area contributed by atoms with Crippen LogP contribution in [0.4, 0.5) is 4.79 Å². The second-order valence-electron chi connectivity index (χ2n) is 4.48. The van der Waals surface area contributed by atoms with Gasteiger partial charge in [0.2, 0.25) is 0 Å². The molecule has 0 aromatic heterocycles. The van der Waals surface area contributed by atoms with Crippen molar-refractivity contribution in [3.63, 3.8) is 0 Å². The number of thioether (sulfide) groups is 1. The summed E-state index contributed by atoms with van der Waals surface area (Å²) in [6.07, 6.45) is 0. The Morgan fingerprint density at radius 3 is 2.20 bits per heavy atom. The maximum Gasteiger partial charge on any atom is 0.382 e. The van der Waals surface area contributed by atoms with Gasteiger partial charge in [-0.3, -0.25) is 0 Å². The largest absolute Gasteiger partial charge is 0.456 e. The van der Waals surface area contributed by atoms with Gasteiger partial charge in [0.15, 0.2) is 0 Å². The maximum atomic E-state index is 11.3. The van der Waals surface area contributed by atoms with Gasteiger partial charge in [0.1, 0.15) is 12.0 Å². The smallest absolute Gasteiger partial charge is 0.382 e. The van der Waals surface area contributed by atoms with Crippen molar-refractivity contribution in [2.45, 2.75) is 5.92 Å². The van der Waals surface area contributed by atoms with E-state index in [0.29, 0.717) is 11.8 Å². The van der Waals surface area contributed by atoms with E-state index in [2.05, 4.69) is 24.3 Å². The Bertz CT molecular complexity index is 660. The molecule has 0 heterocycles. The van der Waals surface area contributed by atoms with Gasteiger partial charge in [0, 0.05) is 5.92 Å². The highest BCUT2D eigenvalue weighted by Crippen LogP contribution is 2.44. The molecule has 0 fully saturated rings. The zero-order chi connectivity index (χ0) is 13.9. The second-order valence-corrected chi connectivity index (χ2v) is 5.20. The fourth-order valence-corrected chi connectivity index (χ4v) is 2.86. The number of hydrogen-bond donors (Lipinski definition) is 0. The van der Waals surface area contributed by atoms with Gasteiger partial charge in [-0.1, -0.05) is 48.5 Å². The minimum absolute atomic E-state index is 0.0469. The molecule has 0 atom stereocenters. The normalized spacial score (nSPS) is 12.3. The van der Waals surface area contributed by atoms with Crippen molar-refractivity contribution in [3.8, 4) is 16.5 Å². The molecule has 1 aliphatic carbocycles. The van der Waals surface area contributed by atoms with Crippen LogP contribution in [-0.2, 0) is 4.74 Å². The highest BCUT2D eigenvalue weighted by Gasteiger charge is 2.28. The lowest BCUT2D eigenvalue weighted by Gasteiger charge is -2.13. The summed E-state index contributed by atoms with van der Waals surface area (Å²) in [5.74, 6) is 0.0469. The van der Waals surface area contributed by atoms with Gasteiger partial charge in [-0.15, -0.1) is 0 Å². The van der Waals surface area contributed by atoms with Crippen LogP contribution in [-0.4, -0.2) is 11.9 Å². The first-order chi connectivity index (χ1) is 9.81. The van der Waals surface area contributed by atoms with Gasteiger partial charge >= 0.3 is 5.30 Å². The molecule has 0 saturated heterocycles. The first kappa shape index (κ1) is 12.8. The fourth-order valence-electron chi connectivity index (χ4n) is 2.66. The second kappa shape index (κ2) is 5.40. The predicted molar refractivity (Wildman–Crippen MR) is 78.3 cm³/mol. The molecule has 98 valence electrons. The summed E-state index contributed by atoms with van der Waals surface area (Å²) < 4.78 is 5.18. The minimum atomic E-state index is -0.547. The molecule has 4 heteroatoms. The van der Waals surface area contributed by atoms with Crippen LogP contribution < -0.4 is 0 Å². The van der Waals surface area contributed by atoms with E-state index in [1.54, 1.807) is 5.40 Å². The molecular weight excluding hydrogens is 270 g/mol. The third-order valence-electron chi connectivity index (χ3n) is 3.46. The lowest BCUT2D eigenvalue weighted by molar-refractivity contribution is 0.172. The Morgan fingerprint density at radius 1 is 1.10 bits per heavy atom. The molecule has 3 rings (SSSR count). The van der Waals surface area contributed by atoms with E-state index in [1.165, 1.54) is 22.3 Å². The summed E-state index contributed by atoms with van der Waals surface area (Å²) in [5, 5.41) is 9.63. The van der Waals surface area contributed by atoms with Crippen LogP contribution >= 0.6 is 11.8 Å². The average molecular weight is 281 g/mol. The summed E-state index contributed by atoms with van der Waals surface area (Å²) in [6.45, 7) is 0.265. The maximum absolute atomic E-state index is 11.3. The van der Waals surface area contributed by atoms with E-state index < -0.39 is 5.30 Å². The SMILES string of the molecule is N#CSC(=O)OCC1c2ccccc2-c2ccccc21. The summed E-state index contributed by atoms with van der Waals surface area (Å²) >= 11 is 0.522. The van der Waals surface area contributed by atoms with Crippen molar-refractivity contribution in [1.82, 2.24) is 0 Å². The summed E-state index contributed by atoms with van der Waals surface area (Å²) in [7, 11) is 0. The van der Waals surface area contributed by atoms with Crippen LogP contribution in [0.25, 0.3) is 11.1 Å². The molecule has 0 spiro atoms. The topological polar surface area (TPSA) is 50.1 Å². The van der Waals surface area contributed by atoms with Gasteiger partial charge in [-0.25, -0.2) is 4.79 Å². The lowest BCUT2D eigenvalue weighted by atomic mass is 9.98. The molecule has 0 amide bonds. The van der Waals surface area contributed by atoms with Crippen LogP contribution in [0.15, 0.2) is 48.5 Å². The standard InChI is InChI=1S/C16H11NO2S/c17-10-20-16(18)19-9-15-13-7-3-1-5-11(13)12-6-2-4-8-14(12)15/h1-8,15H,9H2. The quantitative estimate of drug-likeness (QED) is 0.613. The number of thiocyanates is 1. The highest BCUT2D eigenvalue weighted by molar-refractivity contribution is 8.17. The van der Waals surface area contributed by atoms with Crippen LogP contribution in [0.1, 0.15) is 17.0 Å². The molecule has 20 heavy (non-hydrogen) atoms. The fraction of sp³-hybridized carbons (Fsp3) is 0.125. The molecule has 0 saturated carbocycles. The number of fused-ring (bicyclic) bond motifs is 3. The molecule has 1 aliphatic rings. The van der Waals surface area contributed by atoms with Crippen LogP contribution in [0, 0.1) is 10.7 Å². The third-order valence-corrected chi connectivity index (χ3v) is 3.84. The Kier molecular flexibility index (Phi) is 3.44. The van der Waals surface area contributed by atoms with Crippen molar-refractivity contribution < 1.29 is 9.53 Å². The van der Waals surface area contributed by atoms with Gasteiger partial charge in [-0.05, 0) is 22.3 Å². The molecule has 0 bridgehead atoms. The van der Waals surface area contributed by atoms with Gasteiger partial charge in [-0.2, -0.15) is 5.26 Å². The number of hydrogen-bond acceptors (Lipinski definition) is 4. The molecule has 3 nitrogen and oxygen atoms in total. The Morgan fingerprint density at radius 2 is 1.65 bits per heavy atom. The van der Waals surface area contributed by atoms with E-state index in [4.69, 9.17) is 10.00 Å². The van der Waals surface area contributed by atoms with Crippen LogP contribution in [0.2, 0.25) is 0 Å². The predicted octanol–water partition coefficient (Wildman–Crippen LogP) is 4.15. The number of rotatable bonds is 2. The summed E-state index contributed by atoms with van der Waals surface area (Å²) in [4.78, 5) is 11.3. The van der Waals surface area contributed by atoms with Crippen molar-refractivity contribution >= 4 is 17.1 Å². The van der Waals surface area contributed by atoms with E-state index in [0.717, 1.165) is 0 Å². The van der Waals surface area contributed by atoms with Crippen molar-refractivity contribution in [2.24, 2.45) is 0 Å². The lowest BCUT2D eigenvalue weighted by Crippen LogP contribution is -2.08. The van der Waals surface area contributed by atoms with Gasteiger partial charge < -0.3 is 4.74 Å². The van der Waals surface area contributed by atoms with Gasteiger partial charge in [0.05, 0.1) is 11.8 Å². The Balaban J connectivity index is 1.91. The minimum Gasteiger partial charge on any atom is -0.456 e. The summed E-state index contributed by atoms with van der Waals surface area (Å²) in [5.41, 5.74) is 4.72. The first-order valence-corrected chi connectivity index (χ1v) is 7.04. The van der Waals surface area contributed by atoms with Crippen molar-refractivity contribution in [2.75, 3.05) is 6.61 Å². The third kappa shape index (κ3) is 2.17. The number of carbonyl (C=O) groups is 1. The number of nitriles is 1. The van der Waals surface area contributed by atoms with Gasteiger partial charge in [0.25, 0.3) is 0 Å². The molecule has 0 unspecified atom stereocenters. The zero-order valence-corrected chi connectivity index (χ0v) is 11.4. The van der Waals surface area contributed by atoms with E-state index in [-0.39, 0.29) is 12.5 Å². The average Bonchev–Trinajstić information content (AvgIpc) is 2.80. The van der Waals surface area contributed by atoms with Crippen LogP contribution in [0.5, 0.6) is 0 Å². The Labute approximate surface area is 121 Å². The highest BCUT2D eigenvalue weighted by atomic mass is 32.2. The van der Waals surface area contributed by atoms with Crippen molar-refractivity contribution in [3.05, 3.63) is 59.7 Å². The number of benzene rings is 2. The monoisotopic (exact) mass is 281 g/mol. The summed E-state index contributed by atoms with van der Waals surface area (Å²) in [6, 6.07) is 16.3. The number of ether oxygens (including phenoxy) is 1. The first-order valence-electron chi connectivity index (χ1n) is 6.22. The molecule has 0 aliphatic heterocycles. The Hall–Kier alpha value is -2.25. The number of nitrogens with zero attached hydrogens (tertiary/aromatic N) is 1. The molecule has 0 radical (unpaired) electrons. The van der Waals surface area contributed by atoms with Crippen LogP contribution in [0.3, 0.4) is 0 Å². The molecule has 0 N–H and O–H groups in total. The van der Waals surface area contributed by atoms with E-state index in [9.17, 15) is 4.79 Å². The molecule has 2 aromatic carbocycles. The van der Waals surface area contributed by atoms with Crippen molar-refractivity contribution in [1.29, 1.82) is 5.26 Å². The molecular formula is C16H11NO2S. The number of carbonyl (C=O) groups excluding carboxylic acids is 1. The van der Waals surface area contributed by atoms with E-state index in [1.807, 2.05) is 24.3 Å². The van der Waals surface area contributed by atoms with E-state index >= 15 is 0 Å². The zero-order valence-electron chi connectivity index (χ0n) is 10.6. The molecule has 2 aromatic rings.